The van der Waals surface area contributed by atoms with E-state index in [1.54, 1.807) is 19.9 Å². The normalized spacial score (nSPS) is 10.9. The summed E-state index contributed by atoms with van der Waals surface area (Å²) in [5.41, 5.74) is 2.27. The predicted molar refractivity (Wildman–Crippen MR) is 94.1 cm³/mol. The fourth-order valence-corrected chi connectivity index (χ4v) is 2.65. The smallest absolute Gasteiger partial charge is 0.265 e. The molecule has 3 aromatic rings. The van der Waals surface area contributed by atoms with Crippen molar-refractivity contribution in [2.45, 2.75) is 27.3 Å². The Kier molecular flexibility index (Phi) is 4.31. The molecule has 1 amide bonds. The summed E-state index contributed by atoms with van der Waals surface area (Å²) in [6.45, 7) is 5.34. The van der Waals surface area contributed by atoms with Gasteiger partial charge in [-0.2, -0.15) is 0 Å². The summed E-state index contributed by atoms with van der Waals surface area (Å²) in [6, 6.07) is 5.48. The number of carbonyl (C=O) groups is 1. The second-order valence-electron chi connectivity index (χ2n) is 5.89. The molecule has 0 radical (unpaired) electrons. The van der Waals surface area contributed by atoms with E-state index >= 15 is 0 Å². The molecule has 0 aliphatic rings. The molecule has 0 atom stereocenters. The number of benzene rings is 1. The number of methoxy groups -OCH3 is 1. The molecular formula is C18H19N3O4. The lowest BCUT2D eigenvalue weighted by molar-refractivity contribution is -0.116. The Balaban J connectivity index is 1.88. The molecule has 0 aliphatic heterocycles. The van der Waals surface area contributed by atoms with Crippen LogP contribution in [0.15, 0.2) is 33.7 Å². The SMILES string of the molecule is COc1ccc(C)cc1NC(=O)Cn1cnc2oc(C)c(C)c2c1=O. The van der Waals surface area contributed by atoms with Gasteiger partial charge in [0.2, 0.25) is 11.6 Å². The van der Waals surface area contributed by atoms with Crippen LogP contribution in [0.4, 0.5) is 5.69 Å². The Labute approximate surface area is 144 Å². The molecule has 25 heavy (non-hydrogen) atoms. The van der Waals surface area contributed by atoms with Gasteiger partial charge in [0, 0.05) is 5.56 Å². The number of carbonyl (C=O) groups excluding carboxylic acids is 1. The van der Waals surface area contributed by atoms with E-state index < -0.39 is 0 Å². The van der Waals surface area contributed by atoms with Gasteiger partial charge in [-0.25, -0.2) is 4.98 Å². The first-order valence-electron chi connectivity index (χ1n) is 7.80. The minimum Gasteiger partial charge on any atom is -0.495 e. The quantitative estimate of drug-likeness (QED) is 0.788. The van der Waals surface area contributed by atoms with Gasteiger partial charge in [0.25, 0.3) is 5.56 Å². The molecule has 0 saturated carbocycles. The molecule has 7 heteroatoms. The first-order valence-corrected chi connectivity index (χ1v) is 7.80. The van der Waals surface area contributed by atoms with E-state index in [4.69, 9.17) is 9.15 Å². The molecule has 0 aliphatic carbocycles. The highest BCUT2D eigenvalue weighted by Crippen LogP contribution is 2.25. The maximum atomic E-state index is 12.6. The van der Waals surface area contributed by atoms with E-state index in [1.165, 1.54) is 18.0 Å². The van der Waals surface area contributed by atoms with Crippen molar-refractivity contribution in [3.05, 3.63) is 51.8 Å². The van der Waals surface area contributed by atoms with Gasteiger partial charge in [0.05, 0.1) is 12.8 Å². The zero-order valence-corrected chi connectivity index (χ0v) is 14.5. The number of anilines is 1. The predicted octanol–water partition coefficient (Wildman–Crippen LogP) is 2.56. The van der Waals surface area contributed by atoms with Crippen LogP contribution >= 0.6 is 0 Å². The molecule has 2 heterocycles. The van der Waals surface area contributed by atoms with Crippen LogP contribution in [0.25, 0.3) is 11.1 Å². The van der Waals surface area contributed by atoms with E-state index in [2.05, 4.69) is 10.3 Å². The number of aryl methyl sites for hydroxylation is 3. The van der Waals surface area contributed by atoms with Crippen LogP contribution < -0.4 is 15.6 Å². The minimum atomic E-state index is -0.343. The maximum absolute atomic E-state index is 12.6. The van der Waals surface area contributed by atoms with Crippen molar-refractivity contribution in [3.63, 3.8) is 0 Å². The zero-order valence-electron chi connectivity index (χ0n) is 14.5. The number of hydrogen-bond acceptors (Lipinski definition) is 5. The number of aromatic nitrogens is 2. The topological polar surface area (TPSA) is 86.4 Å². The third-order valence-corrected chi connectivity index (χ3v) is 4.10. The molecule has 130 valence electrons. The zero-order chi connectivity index (χ0) is 18.1. The second-order valence-corrected chi connectivity index (χ2v) is 5.89. The minimum absolute atomic E-state index is 0.150. The van der Waals surface area contributed by atoms with Crippen molar-refractivity contribution in [2.75, 3.05) is 12.4 Å². The average Bonchev–Trinajstić information content (AvgIpc) is 2.86. The van der Waals surface area contributed by atoms with Gasteiger partial charge >= 0.3 is 0 Å². The van der Waals surface area contributed by atoms with Crippen molar-refractivity contribution >= 4 is 22.7 Å². The third-order valence-electron chi connectivity index (χ3n) is 4.10. The maximum Gasteiger partial charge on any atom is 0.265 e. The lowest BCUT2D eigenvalue weighted by Crippen LogP contribution is -2.28. The highest BCUT2D eigenvalue weighted by atomic mass is 16.5. The molecule has 0 saturated heterocycles. The second kappa shape index (κ2) is 6.43. The molecule has 0 fully saturated rings. The fraction of sp³-hybridized carbons (Fsp3) is 0.278. The van der Waals surface area contributed by atoms with E-state index in [9.17, 15) is 9.59 Å². The number of ether oxygens (including phenoxy) is 1. The molecule has 0 spiro atoms. The lowest BCUT2D eigenvalue weighted by Gasteiger charge is -2.11. The van der Waals surface area contributed by atoms with Crippen LogP contribution in [-0.4, -0.2) is 22.6 Å². The number of rotatable bonds is 4. The molecule has 7 nitrogen and oxygen atoms in total. The van der Waals surface area contributed by atoms with E-state index in [0.29, 0.717) is 22.6 Å². The fourth-order valence-electron chi connectivity index (χ4n) is 2.65. The van der Waals surface area contributed by atoms with Gasteiger partial charge in [0.15, 0.2) is 0 Å². The molecule has 1 N–H and O–H groups in total. The molecule has 1 aromatic carbocycles. The lowest BCUT2D eigenvalue weighted by atomic mass is 10.2. The largest absolute Gasteiger partial charge is 0.495 e. The highest BCUT2D eigenvalue weighted by Gasteiger charge is 2.15. The van der Waals surface area contributed by atoms with Gasteiger partial charge in [-0.15, -0.1) is 0 Å². The summed E-state index contributed by atoms with van der Waals surface area (Å²) in [6.07, 6.45) is 1.32. The van der Waals surface area contributed by atoms with Crippen LogP contribution in [-0.2, 0) is 11.3 Å². The van der Waals surface area contributed by atoms with Crippen LogP contribution in [0, 0.1) is 20.8 Å². The molecular weight excluding hydrogens is 322 g/mol. The first-order chi connectivity index (χ1) is 11.9. The van der Waals surface area contributed by atoms with Crippen molar-refractivity contribution in [2.24, 2.45) is 0 Å². The number of nitrogens with one attached hydrogen (secondary N) is 1. The van der Waals surface area contributed by atoms with Gasteiger partial charge in [-0.3, -0.25) is 14.2 Å². The van der Waals surface area contributed by atoms with E-state index in [-0.39, 0.29) is 23.7 Å². The average molecular weight is 341 g/mol. The number of furan rings is 1. The Morgan fingerprint density at radius 2 is 2.08 bits per heavy atom. The third kappa shape index (κ3) is 3.13. The van der Waals surface area contributed by atoms with Crippen molar-refractivity contribution in [1.29, 1.82) is 0 Å². The summed E-state index contributed by atoms with van der Waals surface area (Å²) in [7, 11) is 1.53. The summed E-state index contributed by atoms with van der Waals surface area (Å²) in [4.78, 5) is 29.1. The van der Waals surface area contributed by atoms with Crippen LogP contribution in [0.1, 0.15) is 16.9 Å². The Morgan fingerprint density at radius 1 is 1.32 bits per heavy atom. The number of amides is 1. The van der Waals surface area contributed by atoms with Crippen molar-refractivity contribution < 1.29 is 13.9 Å². The molecule has 2 aromatic heterocycles. The van der Waals surface area contributed by atoms with Gasteiger partial charge in [0.1, 0.15) is 29.8 Å². The molecule has 0 unspecified atom stereocenters. The highest BCUT2D eigenvalue weighted by molar-refractivity contribution is 5.92. The number of nitrogens with zero attached hydrogens (tertiary/aromatic N) is 2. The Hall–Kier alpha value is -3.09. The summed E-state index contributed by atoms with van der Waals surface area (Å²) < 4.78 is 11.9. The summed E-state index contributed by atoms with van der Waals surface area (Å²) >= 11 is 0. The van der Waals surface area contributed by atoms with Crippen molar-refractivity contribution in [3.8, 4) is 5.75 Å². The van der Waals surface area contributed by atoms with Crippen molar-refractivity contribution in [1.82, 2.24) is 9.55 Å². The van der Waals surface area contributed by atoms with Crippen LogP contribution in [0.2, 0.25) is 0 Å². The van der Waals surface area contributed by atoms with Crippen LogP contribution in [0.5, 0.6) is 5.75 Å². The molecule has 0 bridgehead atoms. The monoisotopic (exact) mass is 341 g/mol. The summed E-state index contributed by atoms with van der Waals surface area (Å²) in [5, 5.41) is 3.17. The number of hydrogen-bond donors (Lipinski definition) is 1. The standard InChI is InChI=1S/C18H19N3O4/c1-10-5-6-14(24-4)13(7-10)20-15(22)8-21-9-19-17-16(18(21)23)11(2)12(3)25-17/h5-7,9H,8H2,1-4H3,(H,20,22). The van der Waals surface area contributed by atoms with Crippen LogP contribution in [0.3, 0.4) is 0 Å². The Morgan fingerprint density at radius 3 is 2.80 bits per heavy atom. The molecule has 3 rings (SSSR count). The number of fused-ring (bicyclic) bond motifs is 1. The van der Waals surface area contributed by atoms with Gasteiger partial charge < -0.3 is 14.5 Å². The first kappa shape index (κ1) is 16.8. The van der Waals surface area contributed by atoms with Gasteiger partial charge in [-0.05, 0) is 38.5 Å². The Bertz CT molecular complexity index is 1020. The van der Waals surface area contributed by atoms with E-state index in [0.717, 1.165) is 11.1 Å². The van der Waals surface area contributed by atoms with E-state index in [1.807, 2.05) is 19.1 Å². The van der Waals surface area contributed by atoms with Gasteiger partial charge in [-0.1, -0.05) is 6.07 Å². The summed E-state index contributed by atoms with van der Waals surface area (Å²) in [5.74, 6) is 0.859.